The van der Waals surface area contributed by atoms with Gasteiger partial charge < -0.3 is 0 Å². The predicted molar refractivity (Wildman–Crippen MR) is 80.2 cm³/mol. The van der Waals surface area contributed by atoms with Gasteiger partial charge in [-0.2, -0.15) is 0 Å². The molecule has 0 aliphatic carbocycles. The van der Waals surface area contributed by atoms with Crippen molar-refractivity contribution in [2.45, 2.75) is 97.3 Å². The third-order valence-corrected chi connectivity index (χ3v) is 3.68. The summed E-state index contributed by atoms with van der Waals surface area (Å²) >= 11 is 0. The zero-order valence-corrected chi connectivity index (χ0v) is 12.5. The molecule has 0 aromatic heterocycles. The van der Waals surface area contributed by atoms with Gasteiger partial charge in [0.05, 0.1) is 0 Å². The maximum atomic E-state index is 4.24. The molecule has 0 saturated heterocycles. The smallest absolute Gasteiger partial charge is 0.0414 e. The van der Waals surface area contributed by atoms with Gasteiger partial charge in [0, 0.05) is 0 Å². The van der Waals surface area contributed by atoms with E-state index in [0.29, 0.717) is 0 Å². The van der Waals surface area contributed by atoms with E-state index < -0.39 is 0 Å². The molecule has 0 heterocycles. The third kappa shape index (κ3) is 13.9. The van der Waals surface area contributed by atoms with Crippen molar-refractivity contribution in [1.29, 1.82) is 0 Å². The van der Waals surface area contributed by atoms with Gasteiger partial charge in [0.25, 0.3) is 0 Å². The maximum absolute atomic E-state index is 4.24. The Bertz CT molecular complexity index is 128. The second kappa shape index (κ2) is 14.1. The first-order valence-corrected chi connectivity index (χ1v) is 8.14. The van der Waals surface area contributed by atoms with Gasteiger partial charge in [-0.25, -0.2) is 0 Å². The van der Waals surface area contributed by atoms with Crippen LogP contribution in [0.2, 0.25) is 0 Å². The number of rotatable bonds is 13. The number of hydrogen-bond donors (Lipinski definition) is 0. The average molecular weight is 239 g/mol. The average Bonchev–Trinajstić information content (AvgIpc) is 2.34. The van der Waals surface area contributed by atoms with E-state index in [0.717, 1.165) is 5.92 Å². The Morgan fingerprint density at radius 3 is 1.53 bits per heavy atom. The third-order valence-electron chi connectivity index (χ3n) is 3.68. The molecule has 1 unspecified atom stereocenters. The van der Waals surface area contributed by atoms with Gasteiger partial charge in [-0.05, 0) is 5.92 Å². The zero-order chi connectivity index (χ0) is 12.8. The maximum Gasteiger partial charge on any atom is -0.0414 e. The summed E-state index contributed by atoms with van der Waals surface area (Å²) < 4.78 is 0. The second-order valence-corrected chi connectivity index (χ2v) is 5.63. The summed E-state index contributed by atoms with van der Waals surface area (Å²) in [7, 11) is 0. The van der Waals surface area contributed by atoms with Gasteiger partial charge in [-0.1, -0.05) is 104 Å². The van der Waals surface area contributed by atoms with Crippen LogP contribution < -0.4 is 0 Å². The predicted octanol–water partition coefficient (Wildman–Crippen LogP) is 6.55. The van der Waals surface area contributed by atoms with Gasteiger partial charge in [-0.3, -0.25) is 0 Å². The van der Waals surface area contributed by atoms with Crippen LogP contribution in [0.4, 0.5) is 0 Å². The molecule has 0 aliphatic rings. The molecule has 1 radical (unpaired) electrons. The minimum atomic E-state index is 0.722. The summed E-state index contributed by atoms with van der Waals surface area (Å²) in [5.41, 5.74) is 0. The fourth-order valence-electron chi connectivity index (χ4n) is 2.38. The van der Waals surface area contributed by atoms with E-state index in [4.69, 9.17) is 0 Å². The lowest BCUT2D eigenvalue weighted by atomic mass is 9.97. The van der Waals surface area contributed by atoms with Crippen LogP contribution in [0.1, 0.15) is 97.3 Å². The molecule has 0 fully saturated rings. The van der Waals surface area contributed by atoms with E-state index in [1.54, 1.807) is 0 Å². The summed E-state index contributed by atoms with van der Waals surface area (Å²) in [5.74, 6) is 0.722. The van der Waals surface area contributed by atoms with Crippen molar-refractivity contribution < 1.29 is 0 Å². The van der Waals surface area contributed by atoms with E-state index in [1.807, 2.05) is 0 Å². The number of hydrogen-bond acceptors (Lipinski definition) is 0. The Hall–Kier alpha value is 0. The standard InChI is InChI=1S/C17H35/c1-4-6-8-9-10-11-12-13-14-16-17(3)15-7-5-2/h17H,3-16H2,1-2H3. The SMILES string of the molecule is [CH2]C(CCCC)CCCCCCCCCCC. The zero-order valence-electron chi connectivity index (χ0n) is 12.5. The molecule has 0 N–H and O–H groups in total. The second-order valence-electron chi connectivity index (χ2n) is 5.63. The molecule has 0 heteroatoms. The minimum Gasteiger partial charge on any atom is -0.0654 e. The Kier molecular flexibility index (Phi) is 14.1. The van der Waals surface area contributed by atoms with Crippen LogP contribution in [-0.4, -0.2) is 0 Å². The van der Waals surface area contributed by atoms with Gasteiger partial charge >= 0.3 is 0 Å². The summed E-state index contributed by atoms with van der Waals surface area (Å²) in [6.45, 7) is 8.80. The van der Waals surface area contributed by atoms with Gasteiger partial charge in [-0.15, -0.1) is 0 Å². The quantitative estimate of drug-likeness (QED) is 0.320. The van der Waals surface area contributed by atoms with E-state index in [-0.39, 0.29) is 0 Å². The Morgan fingerprint density at radius 2 is 1.00 bits per heavy atom. The first-order valence-electron chi connectivity index (χ1n) is 8.14. The monoisotopic (exact) mass is 239 g/mol. The molecule has 17 heavy (non-hydrogen) atoms. The molecular formula is C17H35. The van der Waals surface area contributed by atoms with Crippen molar-refractivity contribution in [2.24, 2.45) is 5.92 Å². The van der Waals surface area contributed by atoms with Crippen LogP contribution in [0, 0.1) is 12.8 Å². The highest BCUT2D eigenvalue weighted by Crippen LogP contribution is 2.16. The Balaban J connectivity index is 3.02. The molecular weight excluding hydrogens is 204 g/mol. The van der Waals surface area contributed by atoms with Crippen molar-refractivity contribution in [3.05, 3.63) is 6.92 Å². The minimum absolute atomic E-state index is 0.722. The van der Waals surface area contributed by atoms with Crippen molar-refractivity contribution >= 4 is 0 Å². The molecule has 0 rings (SSSR count). The molecule has 0 saturated carbocycles. The van der Waals surface area contributed by atoms with Crippen LogP contribution in [0.25, 0.3) is 0 Å². The fourth-order valence-corrected chi connectivity index (χ4v) is 2.38. The largest absolute Gasteiger partial charge is 0.0654 e. The lowest BCUT2D eigenvalue weighted by Gasteiger charge is -2.09. The molecule has 0 aromatic carbocycles. The van der Waals surface area contributed by atoms with Crippen LogP contribution >= 0.6 is 0 Å². The van der Waals surface area contributed by atoms with Crippen molar-refractivity contribution in [1.82, 2.24) is 0 Å². The van der Waals surface area contributed by atoms with Crippen molar-refractivity contribution in [2.75, 3.05) is 0 Å². The first-order chi connectivity index (χ1) is 8.31. The Labute approximate surface area is 111 Å². The molecule has 0 amide bonds. The highest BCUT2D eigenvalue weighted by molar-refractivity contribution is 4.61. The summed E-state index contributed by atoms with van der Waals surface area (Å²) in [6.07, 6.45) is 18.3. The van der Waals surface area contributed by atoms with E-state index in [9.17, 15) is 0 Å². The van der Waals surface area contributed by atoms with E-state index in [1.165, 1.54) is 83.5 Å². The van der Waals surface area contributed by atoms with Crippen LogP contribution in [0.5, 0.6) is 0 Å². The van der Waals surface area contributed by atoms with Crippen LogP contribution in [-0.2, 0) is 0 Å². The lowest BCUT2D eigenvalue weighted by Crippen LogP contribution is -1.94. The van der Waals surface area contributed by atoms with Crippen LogP contribution in [0.3, 0.4) is 0 Å². The van der Waals surface area contributed by atoms with E-state index in [2.05, 4.69) is 20.8 Å². The van der Waals surface area contributed by atoms with Crippen molar-refractivity contribution in [3.8, 4) is 0 Å². The molecule has 1 atom stereocenters. The van der Waals surface area contributed by atoms with Crippen LogP contribution in [0.15, 0.2) is 0 Å². The normalized spacial score (nSPS) is 12.9. The highest BCUT2D eigenvalue weighted by atomic mass is 14.1. The number of unbranched alkanes of at least 4 members (excludes halogenated alkanes) is 9. The molecule has 0 bridgehead atoms. The van der Waals surface area contributed by atoms with Gasteiger partial charge in [0.2, 0.25) is 0 Å². The molecule has 103 valence electrons. The van der Waals surface area contributed by atoms with Gasteiger partial charge in [0.1, 0.15) is 0 Å². The molecule has 0 aliphatic heterocycles. The molecule has 0 spiro atoms. The summed E-state index contributed by atoms with van der Waals surface area (Å²) in [6, 6.07) is 0. The molecule has 0 nitrogen and oxygen atoms in total. The Morgan fingerprint density at radius 1 is 0.588 bits per heavy atom. The lowest BCUT2D eigenvalue weighted by molar-refractivity contribution is 0.473. The topological polar surface area (TPSA) is 0 Å². The van der Waals surface area contributed by atoms with Gasteiger partial charge in [0.15, 0.2) is 0 Å². The molecule has 0 aromatic rings. The fraction of sp³-hybridized carbons (Fsp3) is 0.941. The van der Waals surface area contributed by atoms with Crippen molar-refractivity contribution in [3.63, 3.8) is 0 Å². The highest BCUT2D eigenvalue weighted by Gasteiger charge is 2.00. The summed E-state index contributed by atoms with van der Waals surface area (Å²) in [5, 5.41) is 0. The van der Waals surface area contributed by atoms with E-state index >= 15 is 0 Å². The first kappa shape index (κ1) is 17.0. The summed E-state index contributed by atoms with van der Waals surface area (Å²) in [4.78, 5) is 0.